The molecule has 0 saturated carbocycles. The molecule has 0 aliphatic carbocycles. The van der Waals surface area contributed by atoms with E-state index < -0.39 is 26.2 Å². The highest BCUT2D eigenvalue weighted by Crippen LogP contribution is 2.23. The molecular formula is C15H22ClNO3S. The van der Waals surface area contributed by atoms with E-state index in [1.807, 2.05) is 13.8 Å². The number of halogens is 1. The van der Waals surface area contributed by atoms with Gasteiger partial charge in [-0.1, -0.05) is 11.6 Å². The van der Waals surface area contributed by atoms with Gasteiger partial charge in [0.1, 0.15) is 5.25 Å². The summed E-state index contributed by atoms with van der Waals surface area (Å²) in [6.07, 6.45) is 0. The third-order valence-electron chi connectivity index (χ3n) is 3.36. The number of carbonyl (C=O) groups is 1. The molecule has 1 amide bonds. The highest BCUT2D eigenvalue weighted by Gasteiger charge is 2.35. The van der Waals surface area contributed by atoms with Crippen molar-refractivity contribution < 1.29 is 13.2 Å². The average molecular weight is 332 g/mol. The van der Waals surface area contributed by atoms with E-state index in [-0.39, 0.29) is 6.04 Å². The Balaban J connectivity index is 3.18. The van der Waals surface area contributed by atoms with Gasteiger partial charge in [0.2, 0.25) is 5.91 Å². The highest BCUT2D eigenvalue weighted by atomic mass is 35.5. The predicted octanol–water partition coefficient (Wildman–Crippen LogP) is 3.29. The molecular weight excluding hydrogens is 310 g/mol. The second kappa shape index (κ2) is 6.79. The summed E-state index contributed by atoms with van der Waals surface area (Å²) in [5.74, 6) is -0.416. The van der Waals surface area contributed by atoms with Crippen molar-refractivity contribution in [1.29, 1.82) is 0 Å². The third-order valence-corrected chi connectivity index (χ3v) is 6.11. The minimum atomic E-state index is -3.49. The molecule has 0 aromatic heterocycles. The second-order valence-electron chi connectivity index (χ2n) is 5.56. The number of benzene rings is 1. The quantitative estimate of drug-likeness (QED) is 0.831. The fourth-order valence-electron chi connectivity index (χ4n) is 2.03. The van der Waals surface area contributed by atoms with Gasteiger partial charge in [-0.25, -0.2) is 8.42 Å². The first-order chi connectivity index (χ1) is 9.59. The summed E-state index contributed by atoms with van der Waals surface area (Å²) in [6.45, 7) is 8.31. The van der Waals surface area contributed by atoms with Gasteiger partial charge in [0.15, 0.2) is 9.84 Å². The topological polar surface area (TPSA) is 54.5 Å². The van der Waals surface area contributed by atoms with Crippen LogP contribution in [0.15, 0.2) is 24.3 Å². The van der Waals surface area contributed by atoms with Crippen molar-refractivity contribution in [2.24, 2.45) is 0 Å². The highest BCUT2D eigenvalue weighted by molar-refractivity contribution is 7.93. The summed E-state index contributed by atoms with van der Waals surface area (Å²) >= 11 is 5.85. The Morgan fingerprint density at radius 1 is 1.05 bits per heavy atom. The summed E-state index contributed by atoms with van der Waals surface area (Å²) in [5, 5.41) is -1.09. The number of rotatable bonds is 5. The lowest BCUT2D eigenvalue weighted by molar-refractivity contribution is -0.118. The molecule has 1 atom stereocenters. The number of hydrogen-bond donors (Lipinski definition) is 0. The maximum absolute atomic E-state index is 12.6. The van der Waals surface area contributed by atoms with Crippen LogP contribution in [-0.2, 0) is 14.6 Å². The lowest BCUT2D eigenvalue weighted by Gasteiger charge is -2.30. The van der Waals surface area contributed by atoms with Gasteiger partial charge in [0.05, 0.1) is 5.25 Å². The van der Waals surface area contributed by atoms with Crippen LogP contribution in [0.25, 0.3) is 0 Å². The monoisotopic (exact) mass is 331 g/mol. The summed E-state index contributed by atoms with van der Waals surface area (Å²) < 4.78 is 24.4. The molecule has 21 heavy (non-hydrogen) atoms. The Kier molecular flexibility index (Phi) is 5.82. The number of sulfone groups is 1. The largest absolute Gasteiger partial charge is 0.309 e. The maximum Gasteiger partial charge on any atom is 0.245 e. The van der Waals surface area contributed by atoms with Crippen LogP contribution in [0.2, 0.25) is 5.02 Å². The Hall–Kier alpha value is -1.07. The van der Waals surface area contributed by atoms with Crippen LogP contribution in [0.4, 0.5) is 5.69 Å². The Morgan fingerprint density at radius 3 is 1.90 bits per heavy atom. The van der Waals surface area contributed by atoms with Gasteiger partial charge in [-0.05, 0) is 58.9 Å². The van der Waals surface area contributed by atoms with Gasteiger partial charge in [-0.15, -0.1) is 0 Å². The van der Waals surface area contributed by atoms with Crippen molar-refractivity contribution in [1.82, 2.24) is 0 Å². The van der Waals surface area contributed by atoms with E-state index in [2.05, 4.69) is 0 Å². The van der Waals surface area contributed by atoms with Crippen molar-refractivity contribution in [3.63, 3.8) is 0 Å². The molecule has 0 radical (unpaired) electrons. The lowest BCUT2D eigenvalue weighted by Crippen LogP contribution is -2.46. The van der Waals surface area contributed by atoms with Crippen molar-refractivity contribution >= 4 is 33.0 Å². The van der Waals surface area contributed by atoms with Gasteiger partial charge < -0.3 is 4.90 Å². The van der Waals surface area contributed by atoms with Gasteiger partial charge in [-0.3, -0.25) is 4.79 Å². The van der Waals surface area contributed by atoms with E-state index in [4.69, 9.17) is 11.6 Å². The molecule has 0 fully saturated rings. The van der Waals surface area contributed by atoms with Crippen molar-refractivity contribution in [3.8, 4) is 0 Å². The summed E-state index contributed by atoms with van der Waals surface area (Å²) in [6, 6.07) is 6.65. The van der Waals surface area contributed by atoms with Crippen molar-refractivity contribution in [2.75, 3.05) is 4.90 Å². The van der Waals surface area contributed by atoms with E-state index in [0.29, 0.717) is 10.7 Å². The van der Waals surface area contributed by atoms with Crippen LogP contribution in [0.1, 0.15) is 34.6 Å². The molecule has 0 spiro atoms. The van der Waals surface area contributed by atoms with Crippen LogP contribution in [0.3, 0.4) is 0 Å². The third kappa shape index (κ3) is 3.98. The van der Waals surface area contributed by atoms with Crippen LogP contribution < -0.4 is 4.90 Å². The molecule has 0 bridgehead atoms. The molecule has 0 aliphatic heterocycles. The number of anilines is 1. The summed E-state index contributed by atoms with van der Waals surface area (Å²) in [7, 11) is -3.49. The van der Waals surface area contributed by atoms with Crippen molar-refractivity contribution in [2.45, 2.75) is 51.2 Å². The molecule has 0 saturated heterocycles. The molecule has 4 nitrogen and oxygen atoms in total. The minimum Gasteiger partial charge on any atom is -0.309 e. The van der Waals surface area contributed by atoms with Crippen LogP contribution in [-0.4, -0.2) is 30.9 Å². The molecule has 1 unspecified atom stereocenters. The molecule has 0 N–H and O–H groups in total. The smallest absolute Gasteiger partial charge is 0.245 e. The van der Waals surface area contributed by atoms with Crippen LogP contribution in [0, 0.1) is 0 Å². The van der Waals surface area contributed by atoms with Crippen molar-refractivity contribution in [3.05, 3.63) is 29.3 Å². The maximum atomic E-state index is 12.6. The average Bonchev–Trinajstić information content (AvgIpc) is 2.39. The Labute approximate surface area is 132 Å². The molecule has 6 heteroatoms. The predicted molar refractivity (Wildman–Crippen MR) is 87.6 cm³/mol. The SMILES string of the molecule is CC(C)N(C(=O)C(C)S(=O)(=O)C(C)C)c1ccc(Cl)cc1. The van der Waals surface area contributed by atoms with Crippen LogP contribution >= 0.6 is 11.6 Å². The van der Waals surface area contributed by atoms with Crippen LogP contribution in [0.5, 0.6) is 0 Å². The van der Waals surface area contributed by atoms with E-state index in [1.165, 1.54) is 11.8 Å². The van der Waals surface area contributed by atoms with Gasteiger partial charge in [0, 0.05) is 16.8 Å². The van der Waals surface area contributed by atoms with Gasteiger partial charge in [-0.2, -0.15) is 0 Å². The normalized spacial score (nSPS) is 13.5. The molecule has 0 heterocycles. The van der Waals surface area contributed by atoms with E-state index in [9.17, 15) is 13.2 Å². The van der Waals surface area contributed by atoms with Gasteiger partial charge >= 0.3 is 0 Å². The fourth-order valence-corrected chi connectivity index (χ4v) is 3.36. The number of carbonyl (C=O) groups excluding carboxylic acids is 1. The zero-order valence-electron chi connectivity index (χ0n) is 13.0. The van der Waals surface area contributed by atoms with E-state index in [1.54, 1.807) is 38.1 Å². The summed E-state index contributed by atoms with van der Waals surface area (Å²) in [4.78, 5) is 14.1. The first-order valence-electron chi connectivity index (χ1n) is 6.90. The number of hydrogen-bond acceptors (Lipinski definition) is 3. The van der Waals surface area contributed by atoms with E-state index >= 15 is 0 Å². The lowest BCUT2D eigenvalue weighted by atomic mass is 10.2. The molecule has 1 aromatic rings. The van der Waals surface area contributed by atoms with Gasteiger partial charge in [0.25, 0.3) is 0 Å². The standard InChI is InChI=1S/C15H22ClNO3S/c1-10(2)17(14-8-6-13(16)7-9-14)15(18)12(5)21(19,20)11(3)4/h6-12H,1-5H3. The second-order valence-corrected chi connectivity index (χ2v) is 8.82. The molecule has 1 aromatic carbocycles. The molecule has 1 rings (SSSR count). The first-order valence-corrected chi connectivity index (χ1v) is 8.89. The Bertz CT molecular complexity index is 594. The minimum absolute atomic E-state index is 0.150. The fraction of sp³-hybridized carbons (Fsp3) is 0.533. The summed E-state index contributed by atoms with van der Waals surface area (Å²) in [5.41, 5.74) is 0.644. The zero-order valence-corrected chi connectivity index (χ0v) is 14.6. The Morgan fingerprint density at radius 2 is 1.52 bits per heavy atom. The first kappa shape index (κ1) is 18.0. The molecule has 0 aliphatic rings. The zero-order chi connectivity index (χ0) is 16.4. The molecule has 118 valence electrons. The van der Waals surface area contributed by atoms with E-state index in [0.717, 1.165) is 0 Å². The number of amides is 1. The number of nitrogens with zero attached hydrogens (tertiary/aromatic N) is 1.